The highest BCUT2D eigenvalue weighted by molar-refractivity contribution is 5.89. The maximum atomic E-state index is 13.4. The summed E-state index contributed by atoms with van der Waals surface area (Å²) in [4.78, 5) is 24.0. The Balaban J connectivity index is 2.14. The van der Waals surface area contributed by atoms with Crippen LogP contribution < -0.4 is 5.56 Å². The fraction of sp³-hybridized carbons (Fsp3) is 0.286. The molecule has 0 amide bonds. The molecule has 1 saturated carbocycles. The number of carbonyl (C=O) groups is 1. The molecule has 0 unspecified atom stereocenters. The van der Waals surface area contributed by atoms with Gasteiger partial charge in [-0.2, -0.15) is 0 Å². The minimum Gasteiger partial charge on any atom is -0.459 e. The standard InChI is InChI=1S/C14H12FNO3/c1-8-6-9(15)7-16-12(8)5-4-11(13(16)17)14(18)19-10-2-3-10/h4-7,10H,2-3H2,1H3. The van der Waals surface area contributed by atoms with Gasteiger partial charge in [-0.25, -0.2) is 9.18 Å². The van der Waals surface area contributed by atoms with Gasteiger partial charge in [0.05, 0.1) is 5.52 Å². The molecular formula is C14H12FNO3. The number of hydrogen-bond acceptors (Lipinski definition) is 3. The Kier molecular flexibility index (Phi) is 2.62. The lowest BCUT2D eigenvalue weighted by molar-refractivity contribution is 0.0470. The van der Waals surface area contributed by atoms with Crippen LogP contribution in [0.2, 0.25) is 0 Å². The van der Waals surface area contributed by atoms with E-state index in [-0.39, 0.29) is 11.7 Å². The SMILES string of the molecule is Cc1cc(F)cn2c(=O)c(C(=O)OC3CC3)ccc12. The first-order valence-corrected chi connectivity index (χ1v) is 6.09. The zero-order valence-corrected chi connectivity index (χ0v) is 10.4. The molecule has 0 spiro atoms. The van der Waals surface area contributed by atoms with Crippen LogP contribution in [0, 0.1) is 12.7 Å². The predicted octanol–water partition coefficient (Wildman–Crippen LogP) is 2.07. The van der Waals surface area contributed by atoms with Crippen molar-refractivity contribution in [1.82, 2.24) is 4.40 Å². The Morgan fingerprint density at radius 1 is 1.42 bits per heavy atom. The molecule has 2 heterocycles. The normalized spacial score (nSPS) is 14.6. The number of fused-ring (bicyclic) bond motifs is 1. The van der Waals surface area contributed by atoms with Crippen molar-refractivity contribution in [3.8, 4) is 0 Å². The van der Waals surface area contributed by atoms with Gasteiger partial charge in [0.15, 0.2) is 0 Å². The van der Waals surface area contributed by atoms with E-state index >= 15 is 0 Å². The number of halogens is 1. The van der Waals surface area contributed by atoms with Crippen LogP contribution in [-0.2, 0) is 4.74 Å². The molecule has 19 heavy (non-hydrogen) atoms. The van der Waals surface area contributed by atoms with Crippen LogP contribution in [0.1, 0.15) is 28.8 Å². The van der Waals surface area contributed by atoms with Crippen molar-refractivity contribution in [1.29, 1.82) is 0 Å². The minimum absolute atomic E-state index is 0.0607. The van der Waals surface area contributed by atoms with E-state index in [1.54, 1.807) is 13.0 Å². The molecule has 4 nitrogen and oxygen atoms in total. The summed E-state index contributed by atoms with van der Waals surface area (Å²) in [6.45, 7) is 1.71. The highest BCUT2D eigenvalue weighted by atomic mass is 19.1. The molecule has 3 rings (SSSR count). The molecule has 2 aromatic rings. The van der Waals surface area contributed by atoms with Gasteiger partial charge in [-0.15, -0.1) is 0 Å². The summed E-state index contributed by atoms with van der Waals surface area (Å²) in [7, 11) is 0. The van der Waals surface area contributed by atoms with E-state index in [1.807, 2.05) is 0 Å². The smallest absolute Gasteiger partial charge is 0.344 e. The fourth-order valence-electron chi connectivity index (χ4n) is 2.00. The molecule has 1 aliphatic carbocycles. The maximum absolute atomic E-state index is 13.4. The molecule has 1 fully saturated rings. The number of hydrogen-bond donors (Lipinski definition) is 0. The van der Waals surface area contributed by atoms with Crippen LogP contribution in [0.3, 0.4) is 0 Å². The summed E-state index contributed by atoms with van der Waals surface area (Å²) in [5, 5.41) is 0. The van der Waals surface area contributed by atoms with E-state index in [1.165, 1.54) is 12.1 Å². The summed E-state index contributed by atoms with van der Waals surface area (Å²) in [5.74, 6) is -1.15. The molecule has 0 bridgehead atoms. The summed E-state index contributed by atoms with van der Waals surface area (Å²) in [5.41, 5.74) is 0.605. The average molecular weight is 261 g/mol. The Morgan fingerprint density at radius 2 is 2.16 bits per heavy atom. The first-order chi connectivity index (χ1) is 9.06. The number of carbonyl (C=O) groups excluding carboxylic acids is 1. The van der Waals surface area contributed by atoms with Gasteiger partial charge >= 0.3 is 5.97 Å². The number of aryl methyl sites for hydroxylation is 1. The highest BCUT2D eigenvalue weighted by Gasteiger charge is 2.27. The van der Waals surface area contributed by atoms with Crippen LogP contribution in [-0.4, -0.2) is 16.5 Å². The molecule has 0 radical (unpaired) electrons. The van der Waals surface area contributed by atoms with E-state index in [4.69, 9.17) is 4.74 Å². The third kappa shape index (κ3) is 2.12. The number of esters is 1. The van der Waals surface area contributed by atoms with Gasteiger partial charge in [-0.1, -0.05) is 0 Å². The zero-order chi connectivity index (χ0) is 13.6. The van der Waals surface area contributed by atoms with Crippen LogP contribution >= 0.6 is 0 Å². The van der Waals surface area contributed by atoms with Crippen LogP contribution in [0.4, 0.5) is 4.39 Å². The summed E-state index contributed by atoms with van der Waals surface area (Å²) in [6, 6.07) is 4.41. The topological polar surface area (TPSA) is 47.8 Å². The zero-order valence-electron chi connectivity index (χ0n) is 10.4. The largest absolute Gasteiger partial charge is 0.459 e. The van der Waals surface area contributed by atoms with Crippen molar-refractivity contribution in [2.75, 3.05) is 0 Å². The van der Waals surface area contributed by atoms with Crippen molar-refractivity contribution in [2.24, 2.45) is 0 Å². The van der Waals surface area contributed by atoms with Gasteiger partial charge in [0.2, 0.25) is 0 Å². The Hall–Kier alpha value is -2.17. The van der Waals surface area contributed by atoms with E-state index < -0.39 is 17.3 Å². The second-order valence-corrected chi connectivity index (χ2v) is 4.75. The highest BCUT2D eigenvalue weighted by Crippen LogP contribution is 2.24. The average Bonchev–Trinajstić information content (AvgIpc) is 3.14. The van der Waals surface area contributed by atoms with Crippen molar-refractivity contribution in [3.05, 3.63) is 51.7 Å². The van der Waals surface area contributed by atoms with E-state index in [2.05, 4.69) is 0 Å². The van der Waals surface area contributed by atoms with Gasteiger partial charge < -0.3 is 4.74 Å². The number of pyridine rings is 2. The van der Waals surface area contributed by atoms with Crippen LogP contribution in [0.15, 0.2) is 29.2 Å². The fourth-order valence-corrected chi connectivity index (χ4v) is 2.00. The molecule has 0 aliphatic heterocycles. The number of aromatic nitrogens is 1. The minimum atomic E-state index is -0.635. The second kappa shape index (κ2) is 4.19. The van der Waals surface area contributed by atoms with Crippen LogP contribution in [0.25, 0.3) is 5.52 Å². The third-order valence-electron chi connectivity index (χ3n) is 3.15. The lowest BCUT2D eigenvalue weighted by Crippen LogP contribution is -2.24. The van der Waals surface area contributed by atoms with Crippen molar-refractivity contribution < 1.29 is 13.9 Å². The summed E-state index contributed by atoms with van der Waals surface area (Å²) < 4.78 is 19.6. The van der Waals surface area contributed by atoms with E-state index in [9.17, 15) is 14.0 Å². The lowest BCUT2D eigenvalue weighted by Gasteiger charge is -2.07. The van der Waals surface area contributed by atoms with Crippen LogP contribution in [0.5, 0.6) is 0 Å². The van der Waals surface area contributed by atoms with Gasteiger partial charge in [-0.3, -0.25) is 9.20 Å². The Labute approximate surface area is 108 Å². The molecule has 1 aliphatic rings. The number of ether oxygens (including phenoxy) is 1. The van der Waals surface area contributed by atoms with Crippen molar-refractivity contribution in [2.45, 2.75) is 25.9 Å². The van der Waals surface area contributed by atoms with E-state index in [0.717, 1.165) is 23.4 Å². The quantitative estimate of drug-likeness (QED) is 0.777. The third-order valence-corrected chi connectivity index (χ3v) is 3.15. The first-order valence-electron chi connectivity index (χ1n) is 6.09. The molecular weight excluding hydrogens is 249 g/mol. The van der Waals surface area contributed by atoms with Crippen molar-refractivity contribution >= 4 is 11.5 Å². The molecule has 2 aromatic heterocycles. The first kappa shape index (κ1) is 11.9. The molecule has 0 aromatic carbocycles. The van der Waals surface area contributed by atoms with Gasteiger partial charge in [0.25, 0.3) is 5.56 Å². The lowest BCUT2D eigenvalue weighted by atomic mass is 10.2. The molecule has 0 N–H and O–H groups in total. The summed E-state index contributed by atoms with van der Waals surface area (Å²) in [6.07, 6.45) is 2.70. The maximum Gasteiger partial charge on any atom is 0.344 e. The number of nitrogens with zero attached hydrogens (tertiary/aromatic N) is 1. The van der Waals surface area contributed by atoms with Gasteiger partial charge in [0.1, 0.15) is 17.5 Å². The monoisotopic (exact) mass is 261 g/mol. The van der Waals surface area contributed by atoms with Crippen molar-refractivity contribution in [3.63, 3.8) is 0 Å². The van der Waals surface area contributed by atoms with E-state index in [0.29, 0.717) is 11.1 Å². The Bertz CT molecular complexity index is 731. The van der Waals surface area contributed by atoms with Gasteiger partial charge in [-0.05, 0) is 43.5 Å². The Morgan fingerprint density at radius 3 is 2.84 bits per heavy atom. The number of rotatable bonds is 2. The molecule has 5 heteroatoms. The molecule has 0 saturated heterocycles. The van der Waals surface area contributed by atoms with Gasteiger partial charge in [0, 0.05) is 6.20 Å². The predicted molar refractivity (Wildman–Crippen MR) is 66.8 cm³/mol. The second-order valence-electron chi connectivity index (χ2n) is 4.75. The molecule has 98 valence electrons. The molecule has 0 atom stereocenters. The summed E-state index contributed by atoms with van der Waals surface area (Å²) >= 11 is 0.